The van der Waals surface area contributed by atoms with Crippen LogP contribution in [0.1, 0.15) is 25.7 Å². The van der Waals surface area contributed by atoms with Crippen LogP contribution >= 0.6 is 0 Å². The van der Waals surface area contributed by atoms with Crippen LogP contribution in [0.5, 0.6) is 0 Å². The highest BCUT2D eigenvalue weighted by molar-refractivity contribution is 7.89. The molecule has 108 valence electrons. The topological polar surface area (TPSA) is 104 Å². The summed E-state index contributed by atoms with van der Waals surface area (Å²) in [6.45, 7) is 0.538. The monoisotopic (exact) mass is 290 g/mol. The van der Waals surface area contributed by atoms with Crippen molar-refractivity contribution in [1.29, 1.82) is 0 Å². The number of carbonyl (C=O) groups excluding carboxylic acids is 1. The number of sulfonamides is 1. The van der Waals surface area contributed by atoms with Crippen LogP contribution in [0.25, 0.3) is 0 Å². The van der Waals surface area contributed by atoms with Crippen LogP contribution in [0.2, 0.25) is 0 Å². The number of nitrogens with zero attached hydrogens (tertiary/aromatic N) is 1. The summed E-state index contributed by atoms with van der Waals surface area (Å²) in [6.07, 6.45) is 2.96. The smallest absolute Gasteiger partial charge is 0.320 e. The van der Waals surface area contributed by atoms with Gasteiger partial charge in [0.15, 0.2) is 5.75 Å². The molecule has 0 aromatic rings. The third-order valence-corrected chi connectivity index (χ3v) is 5.21. The Hall–Kier alpha value is -1.15. The Labute approximate surface area is 112 Å². The van der Waals surface area contributed by atoms with E-state index in [1.807, 2.05) is 0 Å². The molecule has 0 atom stereocenters. The molecule has 2 rings (SSSR count). The average molecular weight is 290 g/mol. The van der Waals surface area contributed by atoms with Gasteiger partial charge in [-0.1, -0.05) is 0 Å². The van der Waals surface area contributed by atoms with Crippen molar-refractivity contribution in [2.24, 2.45) is 5.92 Å². The summed E-state index contributed by atoms with van der Waals surface area (Å²) < 4.78 is 24.6. The first kappa shape index (κ1) is 14.3. The summed E-state index contributed by atoms with van der Waals surface area (Å²) in [5.74, 6) is -2.00. The Balaban J connectivity index is 1.81. The van der Waals surface area contributed by atoms with Crippen LogP contribution in [0.4, 0.5) is 0 Å². The maximum Gasteiger partial charge on any atom is 0.320 e. The van der Waals surface area contributed by atoms with Crippen molar-refractivity contribution < 1.29 is 23.1 Å². The van der Waals surface area contributed by atoms with Crippen molar-refractivity contribution in [3.63, 3.8) is 0 Å². The Bertz CT molecular complexity index is 463. The summed E-state index contributed by atoms with van der Waals surface area (Å²) in [4.78, 5) is 22.1. The van der Waals surface area contributed by atoms with Crippen molar-refractivity contribution in [1.82, 2.24) is 9.62 Å². The van der Waals surface area contributed by atoms with E-state index in [-0.39, 0.29) is 31.0 Å². The van der Waals surface area contributed by atoms with Gasteiger partial charge in [-0.25, -0.2) is 12.7 Å². The lowest BCUT2D eigenvalue weighted by Gasteiger charge is -2.31. The number of amides is 1. The predicted octanol–water partition coefficient (Wildman–Crippen LogP) is -0.609. The van der Waals surface area contributed by atoms with E-state index in [2.05, 4.69) is 5.32 Å². The van der Waals surface area contributed by atoms with Gasteiger partial charge in [0.2, 0.25) is 15.9 Å². The van der Waals surface area contributed by atoms with Crippen LogP contribution in [-0.2, 0) is 19.6 Å². The SMILES string of the molecule is O=C(O)CS(=O)(=O)N1CCC(NC(=O)C2CC2)CC1. The minimum atomic E-state index is -3.72. The summed E-state index contributed by atoms with van der Waals surface area (Å²) >= 11 is 0. The van der Waals surface area contributed by atoms with Crippen molar-refractivity contribution >= 4 is 21.9 Å². The molecule has 0 radical (unpaired) electrons. The van der Waals surface area contributed by atoms with Gasteiger partial charge >= 0.3 is 5.97 Å². The molecule has 0 spiro atoms. The van der Waals surface area contributed by atoms with E-state index in [0.717, 1.165) is 12.8 Å². The quantitative estimate of drug-likeness (QED) is 0.703. The third kappa shape index (κ3) is 3.90. The summed E-state index contributed by atoms with van der Waals surface area (Å²) in [5, 5.41) is 11.5. The van der Waals surface area contributed by atoms with Gasteiger partial charge in [-0.15, -0.1) is 0 Å². The van der Waals surface area contributed by atoms with E-state index >= 15 is 0 Å². The molecular weight excluding hydrogens is 272 g/mol. The number of carboxylic acid groups (broad SMARTS) is 1. The Kier molecular flexibility index (Phi) is 4.10. The van der Waals surface area contributed by atoms with Crippen molar-refractivity contribution in [3.05, 3.63) is 0 Å². The van der Waals surface area contributed by atoms with Gasteiger partial charge in [-0.2, -0.15) is 0 Å². The molecule has 0 aromatic carbocycles. The average Bonchev–Trinajstić information content (AvgIpc) is 3.11. The van der Waals surface area contributed by atoms with E-state index in [0.29, 0.717) is 12.8 Å². The first-order valence-corrected chi connectivity index (χ1v) is 7.99. The van der Waals surface area contributed by atoms with Gasteiger partial charge in [0.25, 0.3) is 0 Å². The Morgan fingerprint density at radius 3 is 2.21 bits per heavy atom. The molecule has 1 aliphatic carbocycles. The van der Waals surface area contributed by atoms with Gasteiger partial charge in [0.1, 0.15) is 0 Å². The van der Waals surface area contributed by atoms with Gasteiger partial charge in [-0.05, 0) is 25.7 Å². The van der Waals surface area contributed by atoms with E-state index < -0.39 is 21.7 Å². The number of piperidine rings is 1. The van der Waals surface area contributed by atoms with Crippen LogP contribution in [0.15, 0.2) is 0 Å². The Morgan fingerprint density at radius 1 is 1.16 bits per heavy atom. The van der Waals surface area contributed by atoms with Gasteiger partial charge in [0, 0.05) is 25.0 Å². The fourth-order valence-corrected chi connectivity index (χ4v) is 3.45. The maximum atomic E-state index is 11.7. The lowest BCUT2D eigenvalue weighted by atomic mass is 10.1. The van der Waals surface area contributed by atoms with E-state index in [9.17, 15) is 18.0 Å². The predicted molar refractivity (Wildman–Crippen MR) is 66.9 cm³/mol. The highest BCUT2D eigenvalue weighted by atomic mass is 32.2. The third-order valence-electron chi connectivity index (χ3n) is 3.45. The first-order chi connectivity index (χ1) is 8.88. The minimum Gasteiger partial charge on any atom is -0.480 e. The molecule has 1 amide bonds. The highest BCUT2D eigenvalue weighted by Gasteiger charge is 2.34. The van der Waals surface area contributed by atoms with Gasteiger partial charge in [-0.3, -0.25) is 9.59 Å². The first-order valence-electron chi connectivity index (χ1n) is 6.38. The molecule has 8 heteroatoms. The highest BCUT2D eigenvalue weighted by Crippen LogP contribution is 2.29. The van der Waals surface area contributed by atoms with Crippen LogP contribution in [0.3, 0.4) is 0 Å². The number of carboxylic acids is 1. The lowest BCUT2D eigenvalue weighted by molar-refractivity contribution is -0.134. The molecule has 19 heavy (non-hydrogen) atoms. The number of hydrogen-bond donors (Lipinski definition) is 2. The van der Waals surface area contributed by atoms with Crippen molar-refractivity contribution in [2.45, 2.75) is 31.7 Å². The second kappa shape index (κ2) is 5.46. The number of carbonyl (C=O) groups is 2. The zero-order valence-corrected chi connectivity index (χ0v) is 11.4. The van der Waals surface area contributed by atoms with Crippen molar-refractivity contribution in [2.75, 3.05) is 18.8 Å². The van der Waals surface area contributed by atoms with Crippen LogP contribution in [0, 0.1) is 5.92 Å². The maximum absolute atomic E-state index is 11.7. The summed E-state index contributed by atoms with van der Waals surface area (Å²) in [7, 11) is -3.72. The minimum absolute atomic E-state index is 0.00405. The number of aliphatic carboxylic acids is 1. The molecular formula is C11H18N2O5S. The molecule has 2 fully saturated rings. The number of nitrogens with one attached hydrogen (secondary N) is 1. The lowest BCUT2D eigenvalue weighted by Crippen LogP contribution is -2.47. The number of hydrogen-bond acceptors (Lipinski definition) is 4. The molecule has 2 aliphatic rings. The fraction of sp³-hybridized carbons (Fsp3) is 0.818. The molecule has 1 saturated carbocycles. The van der Waals surface area contributed by atoms with Gasteiger partial charge in [0.05, 0.1) is 0 Å². The van der Waals surface area contributed by atoms with Gasteiger partial charge < -0.3 is 10.4 Å². The molecule has 0 unspecified atom stereocenters. The zero-order chi connectivity index (χ0) is 14.0. The second-order valence-corrected chi connectivity index (χ2v) is 7.08. The molecule has 1 saturated heterocycles. The van der Waals surface area contributed by atoms with E-state index in [1.165, 1.54) is 4.31 Å². The number of rotatable bonds is 5. The molecule has 2 N–H and O–H groups in total. The second-order valence-electron chi connectivity index (χ2n) is 5.11. The fourth-order valence-electron chi connectivity index (χ4n) is 2.19. The zero-order valence-electron chi connectivity index (χ0n) is 10.5. The molecule has 0 aromatic heterocycles. The normalized spacial score (nSPS) is 22.1. The van der Waals surface area contributed by atoms with Crippen LogP contribution < -0.4 is 5.32 Å². The van der Waals surface area contributed by atoms with E-state index in [1.54, 1.807) is 0 Å². The standard InChI is InChI=1S/C11H18N2O5S/c14-10(15)7-19(17,18)13-5-3-9(4-6-13)12-11(16)8-1-2-8/h8-9H,1-7H2,(H,12,16)(H,14,15). The molecule has 1 heterocycles. The van der Waals surface area contributed by atoms with Crippen LogP contribution in [-0.4, -0.2) is 54.6 Å². The summed E-state index contributed by atoms with van der Waals surface area (Å²) in [5.41, 5.74) is 0. The molecule has 0 bridgehead atoms. The van der Waals surface area contributed by atoms with E-state index in [4.69, 9.17) is 5.11 Å². The summed E-state index contributed by atoms with van der Waals surface area (Å²) in [6, 6.07) is 0.00405. The Morgan fingerprint density at radius 2 is 1.74 bits per heavy atom. The largest absolute Gasteiger partial charge is 0.480 e. The van der Waals surface area contributed by atoms with Crippen molar-refractivity contribution in [3.8, 4) is 0 Å². The molecule has 7 nitrogen and oxygen atoms in total. The molecule has 1 aliphatic heterocycles.